The molecule has 5 aromatic rings. The molecule has 1 amide bonds. The Labute approximate surface area is 258 Å². The summed E-state index contributed by atoms with van der Waals surface area (Å²) >= 11 is 18.7. The number of para-hydroxylation sites is 1. The zero-order valence-corrected chi connectivity index (χ0v) is 24.5. The molecule has 6 rings (SSSR count). The van der Waals surface area contributed by atoms with Gasteiger partial charge in [0.2, 0.25) is 0 Å². The molecule has 7 nitrogen and oxygen atoms in total. The molecule has 0 saturated carbocycles. The molecule has 2 aromatic heterocycles. The Morgan fingerprint density at radius 1 is 0.952 bits per heavy atom. The summed E-state index contributed by atoms with van der Waals surface area (Å²) in [6, 6.07) is 31.6. The molecule has 1 aliphatic rings. The molecule has 2 atom stereocenters. The Morgan fingerprint density at radius 2 is 1.74 bits per heavy atom. The van der Waals surface area contributed by atoms with Gasteiger partial charge in [0.15, 0.2) is 11.7 Å². The van der Waals surface area contributed by atoms with Crippen LogP contribution >= 0.6 is 35.4 Å². The number of carbonyl (C=O) groups excluding carboxylic acids is 1. The summed E-state index contributed by atoms with van der Waals surface area (Å²) in [5.74, 6) is 0.381. The maximum absolute atomic E-state index is 12.5. The number of nitrogens with one attached hydrogen (secondary N) is 2. The van der Waals surface area contributed by atoms with Crippen LogP contribution in [0.3, 0.4) is 0 Å². The number of thiocarbonyl (C=S) groups is 1. The molecule has 210 valence electrons. The summed E-state index contributed by atoms with van der Waals surface area (Å²) < 4.78 is 7.61. The van der Waals surface area contributed by atoms with E-state index in [0.29, 0.717) is 26.6 Å². The highest BCUT2D eigenvalue weighted by Gasteiger charge is 2.42. The number of rotatable bonds is 8. The summed E-state index contributed by atoms with van der Waals surface area (Å²) in [6.45, 7) is -0.0933. The van der Waals surface area contributed by atoms with E-state index in [1.807, 2.05) is 89.6 Å². The molecule has 0 radical (unpaired) electrons. The summed E-state index contributed by atoms with van der Waals surface area (Å²) in [7, 11) is 0. The molecule has 0 unspecified atom stereocenters. The van der Waals surface area contributed by atoms with Gasteiger partial charge in [0.05, 0.1) is 22.4 Å². The first-order chi connectivity index (χ1) is 20.5. The minimum Gasteiger partial charge on any atom is -0.484 e. The van der Waals surface area contributed by atoms with E-state index in [4.69, 9.17) is 40.2 Å². The fraction of sp³-hybridized carbons (Fsp3) is 0.0938. The van der Waals surface area contributed by atoms with Crippen LogP contribution in [0.4, 0.5) is 11.4 Å². The van der Waals surface area contributed by atoms with Crippen LogP contribution in [-0.4, -0.2) is 27.2 Å². The van der Waals surface area contributed by atoms with Crippen LogP contribution in [0, 0.1) is 0 Å². The number of aromatic nitrogens is 2. The van der Waals surface area contributed by atoms with Crippen LogP contribution < -0.4 is 20.3 Å². The van der Waals surface area contributed by atoms with Gasteiger partial charge in [-0.05, 0) is 91.1 Å². The maximum atomic E-state index is 12.5. The second kappa shape index (κ2) is 12.2. The van der Waals surface area contributed by atoms with Gasteiger partial charge >= 0.3 is 0 Å². The average Bonchev–Trinajstić information content (AvgIpc) is 3.62. The Balaban J connectivity index is 1.30. The number of carbonyl (C=O) groups is 1. The second-order valence-electron chi connectivity index (χ2n) is 9.59. The molecule has 0 spiro atoms. The molecule has 2 N–H and O–H groups in total. The lowest BCUT2D eigenvalue weighted by Gasteiger charge is -2.29. The second-order valence-corrected chi connectivity index (χ2v) is 10.8. The SMILES string of the molecule is O=C(COc1ccccc1)Nc1ccc(N2C(=S)N[C@H](c3ccccn3)[C@H]2c2cccn2-c2ccc(Cl)cc2Cl)cc1. The van der Waals surface area contributed by atoms with Gasteiger partial charge in [-0.3, -0.25) is 9.78 Å². The van der Waals surface area contributed by atoms with Gasteiger partial charge in [-0.1, -0.05) is 47.5 Å². The number of hydrogen-bond donors (Lipinski definition) is 2. The molecule has 1 aliphatic heterocycles. The molecular formula is C32H25Cl2N5O2S. The number of anilines is 2. The monoisotopic (exact) mass is 613 g/mol. The van der Waals surface area contributed by atoms with E-state index in [1.165, 1.54) is 0 Å². The largest absolute Gasteiger partial charge is 0.484 e. The highest BCUT2D eigenvalue weighted by molar-refractivity contribution is 7.80. The maximum Gasteiger partial charge on any atom is 0.262 e. The van der Waals surface area contributed by atoms with E-state index < -0.39 is 0 Å². The van der Waals surface area contributed by atoms with Crippen LogP contribution in [0.25, 0.3) is 5.69 Å². The first-order valence-electron chi connectivity index (χ1n) is 13.2. The van der Waals surface area contributed by atoms with Crippen molar-refractivity contribution in [2.24, 2.45) is 0 Å². The summed E-state index contributed by atoms with van der Waals surface area (Å²) in [4.78, 5) is 19.2. The minimum atomic E-state index is -0.270. The van der Waals surface area contributed by atoms with Crippen molar-refractivity contribution in [2.45, 2.75) is 12.1 Å². The Kier molecular flexibility index (Phi) is 8.10. The van der Waals surface area contributed by atoms with Crippen molar-refractivity contribution in [1.82, 2.24) is 14.9 Å². The topological polar surface area (TPSA) is 71.4 Å². The van der Waals surface area contributed by atoms with E-state index in [0.717, 1.165) is 22.8 Å². The van der Waals surface area contributed by atoms with Crippen molar-refractivity contribution in [1.29, 1.82) is 0 Å². The number of ether oxygens (including phenoxy) is 1. The number of amides is 1. The van der Waals surface area contributed by atoms with Crippen molar-refractivity contribution in [2.75, 3.05) is 16.8 Å². The Morgan fingerprint density at radius 3 is 2.48 bits per heavy atom. The van der Waals surface area contributed by atoms with Crippen LogP contribution in [0.2, 0.25) is 10.0 Å². The molecule has 3 heterocycles. The molecule has 0 aliphatic carbocycles. The highest BCUT2D eigenvalue weighted by atomic mass is 35.5. The van der Waals surface area contributed by atoms with Gasteiger partial charge in [0.25, 0.3) is 5.91 Å². The lowest BCUT2D eigenvalue weighted by Crippen LogP contribution is -2.30. The average molecular weight is 615 g/mol. The Hall–Kier alpha value is -4.37. The van der Waals surface area contributed by atoms with Gasteiger partial charge in [-0.15, -0.1) is 0 Å². The van der Waals surface area contributed by atoms with Gasteiger partial charge in [0.1, 0.15) is 11.8 Å². The molecular weight excluding hydrogens is 589 g/mol. The summed E-state index contributed by atoms with van der Waals surface area (Å²) in [6.07, 6.45) is 3.74. The zero-order valence-electron chi connectivity index (χ0n) is 22.2. The van der Waals surface area contributed by atoms with Crippen LogP contribution in [0.15, 0.2) is 116 Å². The fourth-order valence-electron chi connectivity index (χ4n) is 5.03. The molecule has 0 bridgehead atoms. The quantitative estimate of drug-likeness (QED) is 0.178. The lowest BCUT2D eigenvalue weighted by molar-refractivity contribution is -0.118. The predicted molar refractivity (Wildman–Crippen MR) is 171 cm³/mol. The highest BCUT2D eigenvalue weighted by Crippen LogP contribution is 2.43. The number of nitrogens with zero attached hydrogens (tertiary/aromatic N) is 3. The van der Waals surface area contributed by atoms with Crippen molar-refractivity contribution >= 4 is 57.8 Å². The minimum absolute atomic E-state index is 0.0933. The smallest absolute Gasteiger partial charge is 0.262 e. The van der Waals surface area contributed by atoms with E-state index in [2.05, 4.69) is 26.6 Å². The van der Waals surface area contributed by atoms with Gasteiger partial charge in [-0.2, -0.15) is 0 Å². The van der Waals surface area contributed by atoms with Gasteiger partial charge in [-0.25, -0.2) is 0 Å². The van der Waals surface area contributed by atoms with Crippen molar-refractivity contribution in [3.05, 3.63) is 137 Å². The Bertz CT molecular complexity index is 1710. The predicted octanol–water partition coefficient (Wildman–Crippen LogP) is 7.37. The number of halogens is 2. The van der Waals surface area contributed by atoms with E-state index in [-0.39, 0.29) is 24.6 Å². The summed E-state index contributed by atoms with van der Waals surface area (Å²) in [5, 5.41) is 8.02. The third-order valence-electron chi connectivity index (χ3n) is 6.89. The molecule has 1 fully saturated rings. The van der Waals surface area contributed by atoms with Crippen molar-refractivity contribution in [3.8, 4) is 11.4 Å². The lowest BCUT2D eigenvalue weighted by atomic mass is 10.0. The van der Waals surface area contributed by atoms with Crippen LogP contribution in [0.1, 0.15) is 23.5 Å². The number of benzene rings is 3. The van der Waals surface area contributed by atoms with Crippen LogP contribution in [-0.2, 0) is 4.79 Å². The molecule has 1 saturated heterocycles. The standard InChI is InChI=1S/C32H25Cl2N5O2S/c33-21-11-16-27(25(34)19-21)38-18-6-10-28(38)31-30(26-9-4-5-17-35-26)37-32(42)39(31)23-14-12-22(13-15-23)36-29(40)20-41-24-7-2-1-3-8-24/h1-19,30-31H,20H2,(H,36,40)(H,37,42)/t30-,31-/m1/s1. The van der Waals surface area contributed by atoms with E-state index in [1.54, 1.807) is 24.4 Å². The first-order valence-corrected chi connectivity index (χ1v) is 14.4. The fourth-order valence-corrected chi connectivity index (χ4v) is 5.88. The van der Waals surface area contributed by atoms with Crippen molar-refractivity contribution < 1.29 is 9.53 Å². The van der Waals surface area contributed by atoms with Crippen LogP contribution in [0.5, 0.6) is 5.75 Å². The van der Waals surface area contributed by atoms with E-state index >= 15 is 0 Å². The van der Waals surface area contributed by atoms with Gasteiger partial charge < -0.3 is 24.8 Å². The number of hydrogen-bond acceptors (Lipinski definition) is 4. The molecule has 3 aromatic carbocycles. The summed E-state index contributed by atoms with van der Waals surface area (Å²) in [5.41, 5.74) is 4.11. The third kappa shape index (κ3) is 5.83. The third-order valence-corrected chi connectivity index (χ3v) is 7.75. The first kappa shape index (κ1) is 27.8. The zero-order chi connectivity index (χ0) is 29.1. The molecule has 42 heavy (non-hydrogen) atoms. The number of pyridine rings is 1. The van der Waals surface area contributed by atoms with E-state index in [9.17, 15) is 4.79 Å². The normalized spacial score (nSPS) is 16.2. The van der Waals surface area contributed by atoms with Gasteiger partial charge in [0, 0.05) is 34.5 Å². The molecule has 10 heteroatoms. The van der Waals surface area contributed by atoms with Crippen molar-refractivity contribution in [3.63, 3.8) is 0 Å².